The minimum atomic E-state index is -0.139. The monoisotopic (exact) mass is 488 g/mol. The average molecular weight is 489 g/mol. The minimum Gasteiger partial charge on any atom is -0.378 e. The number of para-hydroxylation sites is 1. The second-order valence-electron chi connectivity index (χ2n) is 8.83. The van der Waals surface area contributed by atoms with Crippen LogP contribution in [0.1, 0.15) is 25.0 Å². The van der Waals surface area contributed by atoms with E-state index in [4.69, 9.17) is 4.98 Å². The third-order valence-corrected chi connectivity index (χ3v) is 7.14. The molecule has 1 amide bonds. The number of carbonyl (C=O) groups is 1. The van der Waals surface area contributed by atoms with E-state index in [1.807, 2.05) is 73.6 Å². The van der Waals surface area contributed by atoms with Gasteiger partial charge in [-0.2, -0.15) is 4.68 Å². The fourth-order valence-corrected chi connectivity index (χ4v) is 5.22. The number of amides is 1. The maximum atomic E-state index is 13.3. The van der Waals surface area contributed by atoms with Gasteiger partial charge in [0.25, 0.3) is 5.56 Å². The summed E-state index contributed by atoms with van der Waals surface area (Å²) in [7, 11) is 3.96. The van der Waals surface area contributed by atoms with Crippen LogP contribution >= 0.6 is 11.8 Å². The maximum Gasteiger partial charge on any atom is 0.284 e. The molecule has 2 aromatic rings. The molecule has 0 unspecified atom stereocenters. The minimum absolute atomic E-state index is 0.100. The summed E-state index contributed by atoms with van der Waals surface area (Å²) in [5.74, 6) is 0.558. The van der Waals surface area contributed by atoms with Crippen molar-refractivity contribution < 1.29 is 4.79 Å². The van der Waals surface area contributed by atoms with Crippen LogP contribution in [0.5, 0.6) is 0 Å². The predicted molar refractivity (Wildman–Crippen MR) is 140 cm³/mol. The molecule has 35 heavy (non-hydrogen) atoms. The number of hydrogen-bond acceptors (Lipinski definition) is 6. The number of rotatable bonds is 6. The second-order valence-corrected chi connectivity index (χ2v) is 9.78. The highest BCUT2D eigenvalue weighted by Crippen LogP contribution is 2.30. The Morgan fingerprint density at radius 1 is 1.06 bits per heavy atom. The lowest BCUT2D eigenvalue weighted by Crippen LogP contribution is -2.20. The number of hydrogen-bond donors (Lipinski definition) is 1. The lowest BCUT2D eigenvalue weighted by Gasteiger charge is -2.17. The standard InChI is InChI=1S/C26H28N6O2S/c1-30(2)19-14-12-18(13-15-19)27-22(33)17-35-26-28-24-23(21-11-7-4-8-16-31(21)26)25(34)32(29-24)20-9-5-3-6-10-20/h3,5-6,9-10,12-15H,4,7-8,11,16-17H2,1-2H3,(H,27,33). The van der Waals surface area contributed by atoms with E-state index in [1.54, 1.807) is 0 Å². The summed E-state index contributed by atoms with van der Waals surface area (Å²) in [5.41, 5.74) is 3.97. The van der Waals surface area contributed by atoms with Crippen LogP contribution in [0.25, 0.3) is 17.1 Å². The molecule has 180 valence electrons. The van der Waals surface area contributed by atoms with Crippen molar-refractivity contribution in [1.82, 2.24) is 19.3 Å². The van der Waals surface area contributed by atoms with Crippen LogP contribution in [0, 0.1) is 0 Å². The van der Waals surface area contributed by atoms with Gasteiger partial charge in [0.15, 0.2) is 11.0 Å². The fourth-order valence-electron chi connectivity index (χ4n) is 4.38. The van der Waals surface area contributed by atoms with Gasteiger partial charge < -0.3 is 14.8 Å². The van der Waals surface area contributed by atoms with Gasteiger partial charge in [-0.1, -0.05) is 36.4 Å². The fraction of sp³-hybridized carbons (Fsp3) is 0.308. The maximum absolute atomic E-state index is 13.3. The zero-order valence-electron chi connectivity index (χ0n) is 19.9. The molecule has 0 fully saturated rings. The zero-order chi connectivity index (χ0) is 24.4. The molecule has 0 spiro atoms. The lowest BCUT2D eigenvalue weighted by molar-refractivity contribution is -0.113. The zero-order valence-corrected chi connectivity index (χ0v) is 20.7. The molecule has 1 N–H and O–H groups in total. The molecule has 0 bridgehead atoms. The van der Waals surface area contributed by atoms with Crippen molar-refractivity contribution in [2.45, 2.75) is 37.4 Å². The largest absolute Gasteiger partial charge is 0.378 e. The van der Waals surface area contributed by atoms with Gasteiger partial charge in [0, 0.05) is 37.7 Å². The topological polar surface area (TPSA) is 85.1 Å². The number of nitrogens with one attached hydrogen (secondary N) is 1. The van der Waals surface area contributed by atoms with Crippen molar-refractivity contribution >= 4 is 29.0 Å². The normalized spacial score (nSPS) is 13.3. The Morgan fingerprint density at radius 2 is 1.83 bits per heavy atom. The van der Waals surface area contributed by atoms with Crippen LogP contribution in [0.2, 0.25) is 0 Å². The highest BCUT2D eigenvalue weighted by molar-refractivity contribution is 7.99. The van der Waals surface area contributed by atoms with Crippen LogP contribution in [0.3, 0.4) is 0 Å². The number of fused-ring (bicyclic) bond motifs is 3. The Bertz CT molecular complexity index is 1360. The molecule has 5 rings (SSSR count). The van der Waals surface area contributed by atoms with Gasteiger partial charge in [-0.15, -0.1) is 5.10 Å². The Morgan fingerprint density at radius 3 is 2.57 bits per heavy atom. The summed E-state index contributed by atoms with van der Waals surface area (Å²) in [6.45, 7) is 0.782. The number of nitrogens with zero attached hydrogens (tertiary/aromatic N) is 5. The van der Waals surface area contributed by atoms with Crippen LogP contribution in [0.4, 0.5) is 11.4 Å². The highest BCUT2D eigenvalue weighted by atomic mass is 32.2. The van der Waals surface area contributed by atoms with Gasteiger partial charge >= 0.3 is 0 Å². The summed E-state index contributed by atoms with van der Waals surface area (Å²) in [6, 6.07) is 17.1. The van der Waals surface area contributed by atoms with E-state index >= 15 is 0 Å². The van der Waals surface area contributed by atoms with Gasteiger partial charge in [-0.3, -0.25) is 9.59 Å². The Labute approximate surface area is 208 Å². The summed E-state index contributed by atoms with van der Waals surface area (Å²) >= 11 is 1.39. The molecule has 8 nitrogen and oxygen atoms in total. The first-order chi connectivity index (χ1) is 17.0. The summed E-state index contributed by atoms with van der Waals surface area (Å²) in [6.07, 6.45) is 3.93. The van der Waals surface area contributed by atoms with Crippen LogP contribution < -0.4 is 15.8 Å². The Balaban J connectivity index is 1.42. The van der Waals surface area contributed by atoms with E-state index in [0.29, 0.717) is 11.4 Å². The first-order valence-electron chi connectivity index (χ1n) is 11.8. The highest BCUT2D eigenvalue weighted by Gasteiger charge is 2.27. The number of anilines is 2. The van der Waals surface area contributed by atoms with E-state index in [-0.39, 0.29) is 17.2 Å². The smallest absolute Gasteiger partial charge is 0.284 e. The molecule has 3 aliphatic rings. The molecule has 0 aliphatic carbocycles. The molecule has 2 aromatic carbocycles. The van der Waals surface area contributed by atoms with Crippen molar-refractivity contribution in [1.29, 1.82) is 0 Å². The van der Waals surface area contributed by atoms with E-state index in [9.17, 15) is 9.59 Å². The molecule has 0 saturated heterocycles. The van der Waals surface area contributed by atoms with Crippen molar-refractivity contribution in [2.75, 3.05) is 30.1 Å². The predicted octanol–water partition coefficient (Wildman–Crippen LogP) is 4.06. The number of carbonyl (C=O) groups excluding carboxylic acids is 1. The average Bonchev–Trinajstić information content (AvgIpc) is 3.03. The molecule has 9 heteroatoms. The van der Waals surface area contributed by atoms with Gasteiger partial charge in [0.05, 0.1) is 11.4 Å². The molecular formula is C26H28N6O2S. The van der Waals surface area contributed by atoms with Gasteiger partial charge in [-0.05, 0) is 55.7 Å². The van der Waals surface area contributed by atoms with E-state index in [1.165, 1.54) is 16.4 Å². The van der Waals surface area contributed by atoms with Crippen molar-refractivity contribution in [3.05, 3.63) is 70.6 Å². The molecule has 0 saturated carbocycles. The van der Waals surface area contributed by atoms with Gasteiger partial charge in [-0.25, -0.2) is 4.98 Å². The third-order valence-electron chi connectivity index (χ3n) is 6.17. The molecule has 3 aliphatic heterocycles. The van der Waals surface area contributed by atoms with Gasteiger partial charge in [0.2, 0.25) is 5.91 Å². The Hall–Kier alpha value is -3.59. The second kappa shape index (κ2) is 9.95. The Kier molecular flexibility index (Phi) is 6.59. The molecule has 0 radical (unpaired) electrons. The van der Waals surface area contributed by atoms with E-state index < -0.39 is 0 Å². The summed E-state index contributed by atoms with van der Waals surface area (Å²) < 4.78 is 3.56. The van der Waals surface area contributed by atoms with Crippen LogP contribution in [0.15, 0.2) is 64.5 Å². The summed E-state index contributed by atoms with van der Waals surface area (Å²) in [4.78, 5) is 32.8. The van der Waals surface area contributed by atoms with E-state index in [2.05, 4.69) is 15.0 Å². The van der Waals surface area contributed by atoms with Gasteiger partial charge in [0.1, 0.15) is 5.56 Å². The summed E-state index contributed by atoms with van der Waals surface area (Å²) in [5, 5.41) is 8.25. The number of aromatic nitrogens is 4. The van der Waals surface area contributed by atoms with Crippen molar-refractivity contribution in [3.8, 4) is 17.1 Å². The third kappa shape index (κ3) is 4.81. The number of benzene rings is 2. The lowest BCUT2D eigenvalue weighted by atomic mass is 10.1. The van der Waals surface area contributed by atoms with E-state index in [0.717, 1.165) is 60.1 Å². The first kappa shape index (κ1) is 23.2. The van der Waals surface area contributed by atoms with Crippen LogP contribution in [-0.2, 0) is 17.8 Å². The van der Waals surface area contributed by atoms with Crippen molar-refractivity contribution in [2.24, 2.45) is 0 Å². The molecule has 0 atom stereocenters. The SMILES string of the molecule is CN(C)c1ccc(NC(=O)CSc2nc3nn(-c4ccccc4)c(=O)c-3c3n2CCCCC3)cc1. The quantitative estimate of drug-likeness (QED) is 0.326. The molecular weight excluding hydrogens is 460 g/mol. The first-order valence-corrected chi connectivity index (χ1v) is 12.8. The molecule has 3 heterocycles. The van der Waals surface area contributed by atoms with Crippen LogP contribution in [-0.4, -0.2) is 45.1 Å². The molecule has 0 aromatic heterocycles. The number of thioether (sulfide) groups is 1. The van der Waals surface area contributed by atoms with Crippen molar-refractivity contribution in [3.63, 3.8) is 0 Å².